The van der Waals surface area contributed by atoms with Crippen molar-refractivity contribution in [1.29, 1.82) is 0 Å². The fourth-order valence-electron chi connectivity index (χ4n) is 1.15. The molecule has 0 atom stereocenters. The van der Waals surface area contributed by atoms with Gasteiger partial charge in [0, 0.05) is 6.92 Å². The number of ether oxygens (including phenoxy) is 1. The first-order chi connectivity index (χ1) is 7.54. The van der Waals surface area contributed by atoms with E-state index in [9.17, 15) is 9.59 Å². The largest absolute Gasteiger partial charge is 0.462 e. The highest BCUT2D eigenvalue weighted by atomic mass is 35.5. The fourth-order valence-corrected chi connectivity index (χ4v) is 1.38. The molecule has 0 heterocycles. The molecule has 4 nitrogen and oxygen atoms in total. The van der Waals surface area contributed by atoms with Crippen LogP contribution in [0.1, 0.15) is 24.2 Å². The molecule has 0 radical (unpaired) electrons. The van der Waals surface area contributed by atoms with Crippen molar-refractivity contribution in [3.63, 3.8) is 0 Å². The van der Waals surface area contributed by atoms with Gasteiger partial charge in [-0.15, -0.1) is 0 Å². The number of rotatable bonds is 3. The van der Waals surface area contributed by atoms with E-state index in [1.54, 1.807) is 19.1 Å². The predicted octanol–water partition coefficient (Wildman–Crippen LogP) is 2.48. The van der Waals surface area contributed by atoms with Gasteiger partial charge in [-0.05, 0) is 25.1 Å². The highest BCUT2D eigenvalue weighted by Crippen LogP contribution is 2.23. The van der Waals surface area contributed by atoms with E-state index in [0.717, 1.165) is 0 Å². The standard InChI is InChI=1S/C11H12ClNO3/c1-3-16-11(15)8-4-5-10(9(12)6-8)13-7(2)14/h4-6H,3H2,1-2H3,(H,13,14). The fraction of sp³-hybridized carbons (Fsp3) is 0.273. The highest BCUT2D eigenvalue weighted by Gasteiger charge is 2.09. The summed E-state index contributed by atoms with van der Waals surface area (Å²) in [6.45, 7) is 3.42. The molecule has 1 amide bonds. The monoisotopic (exact) mass is 241 g/mol. The molecule has 5 heteroatoms. The Balaban J connectivity index is 2.90. The van der Waals surface area contributed by atoms with Crippen molar-refractivity contribution in [2.75, 3.05) is 11.9 Å². The van der Waals surface area contributed by atoms with Crippen LogP contribution in [0.15, 0.2) is 18.2 Å². The van der Waals surface area contributed by atoms with Crippen molar-refractivity contribution in [2.24, 2.45) is 0 Å². The van der Waals surface area contributed by atoms with E-state index >= 15 is 0 Å². The number of halogens is 1. The van der Waals surface area contributed by atoms with Crippen LogP contribution in [-0.4, -0.2) is 18.5 Å². The van der Waals surface area contributed by atoms with Gasteiger partial charge in [0.1, 0.15) is 0 Å². The lowest BCUT2D eigenvalue weighted by Gasteiger charge is -2.06. The van der Waals surface area contributed by atoms with Crippen LogP contribution >= 0.6 is 11.6 Å². The molecule has 0 aliphatic heterocycles. The molecule has 1 N–H and O–H groups in total. The predicted molar refractivity (Wildman–Crippen MR) is 61.7 cm³/mol. The van der Waals surface area contributed by atoms with E-state index in [0.29, 0.717) is 22.9 Å². The second-order valence-corrected chi connectivity index (χ2v) is 3.50. The summed E-state index contributed by atoms with van der Waals surface area (Å²) < 4.78 is 4.82. The topological polar surface area (TPSA) is 55.4 Å². The Morgan fingerprint density at radius 3 is 2.62 bits per heavy atom. The molecule has 0 saturated carbocycles. The first-order valence-electron chi connectivity index (χ1n) is 4.79. The summed E-state index contributed by atoms with van der Waals surface area (Å²) in [5.41, 5.74) is 0.836. The molecule has 0 spiro atoms. The quantitative estimate of drug-likeness (QED) is 0.827. The van der Waals surface area contributed by atoms with E-state index in [-0.39, 0.29) is 5.91 Å². The van der Waals surface area contributed by atoms with E-state index in [4.69, 9.17) is 16.3 Å². The molecule has 0 saturated heterocycles. The third kappa shape index (κ3) is 3.24. The van der Waals surface area contributed by atoms with Crippen LogP contribution < -0.4 is 5.32 Å². The smallest absolute Gasteiger partial charge is 0.338 e. The zero-order chi connectivity index (χ0) is 12.1. The van der Waals surface area contributed by atoms with E-state index in [1.165, 1.54) is 13.0 Å². The first kappa shape index (κ1) is 12.5. The van der Waals surface area contributed by atoms with Crippen LogP contribution in [-0.2, 0) is 9.53 Å². The molecular formula is C11H12ClNO3. The molecule has 16 heavy (non-hydrogen) atoms. The lowest BCUT2D eigenvalue weighted by Crippen LogP contribution is -2.08. The summed E-state index contributed by atoms with van der Waals surface area (Å²) in [4.78, 5) is 22.2. The van der Waals surface area contributed by atoms with E-state index in [1.807, 2.05) is 0 Å². The van der Waals surface area contributed by atoms with E-state index < -0.39 is 5.97 Å². The van der Waals surface area contributed by atoms with Gasteiger partial charge in [-0.25, -0.2) is 4.79 Å². The number of hydrogen-bond donors (Lipinski definition) is 1. The van der Waals surface area contributed by atoms with Crippen molar-refractivity contribution in [3.05, 3.63) is 28.8 Å². The summed E-state index contributed by atoms with van der Waals surface area (Å²) in [5, 5.41) is 2.85. The van der Waals surface area contributed by atoms with Gasteiger partial charge in [-0.2, -0.15) is 0 Å². The second kappa shape index (κ2) is 5.51. The molecule has 1 aromatic rings. The molecule has 0 fully saturated rings. The minimum atomic E-state index is -0.432. The average molecular weight is 242 g/mol. The van der Waals surface area contributed by atoms with Gasteiger partial charge in [0.05, 0.1) is 22.9 Å². The lowest BCUT2D eigenvalue weighted by molar-refractivity contribution is -0.114. The molecule has 0 aromatic heterocycles. The number of anilines is 1. The minimum absolute atomic E-state index is 0.217. The molecule has 0 unspecified atom stereocenters. The number of amides is 1. The van der Waals surface area contributed by atoms with Gasteiger partial charge in [0.25, 0.3) is 0 Å². The molecule has 86 valence electrons. The number of carbonyl (C=O) groups excluding carboxylic acids is 2. The van der Waals surface area contributed by atoms with Crippen LogP contribution in [0.4, 0.5) is 5.69 Å². The summed E-state index contributed by atoms with van der Waals surface area (Å²) in [7, 11) is 0. The van der Waals surface area contributed by atoms with Crippen LogP contribution in [0.25, 0.3) is 0 Å². The first-order valence-corrected chi connectivity index (χ1v) is 5.16. The molecule has 1 rings (SSSR count). The summed E-state index contributed by atoms with van der Waals surface area (Å²) in [6.07, 6.45) is 0. The van der Waals surface area contributed by atoms with Gasteiger partial charge in [0.2, 0.25) is 5.91 Å². The maximum absolute atomic E-state index is 11.4. The normalized spacial score (nSPS) is 9.69. The van der Waals surface area contributed by atoms with Crippen molar-refractivity contribution in [1.82, 2.24) is 0 Å². The van der Waals surface area contributed by atoms with Gasteiger partial charge < -0.3 is 10.1 Å². The van der Waals surface area contributed by atoms with Crippen molar-refractivity contribution in [3.8, 4) is 0 Å². The third-order valence-corrected chi connectivity index (χ3v) is 2.10. The molecule has 0 aliphatic rings. The van der Waals surface area contributed by atoms with Crippen LogP contribution in [0.3, 0.4) is 0 Å². The van der Waals surface area contributed by atoms with Gasteiger partial charge >= 0.3 is 5.97 Å². The van der Waals surface area contributed by atoms with Crippen LogP contribution in [0.2, 0.25) is 5.02 Å². The van der Waals surface area contributed by atoms with Crippen molar-refractivity contribution in [2.45, 2.75) is 13.8 Å². The summed E-state index contributed by atoms with van der Waals surface area (Å²) >= 11 is 5.90. The van der Waals surface area contributed by atoms with Crippen LogP contribution in [0, 0.1) is 0 Å². The van der Waals surface area contributed by atoms with Crippen molar-refractivity contribution < 1.29 is 14.3 Å². The maximum Gasteiger partial charge on any atom is 0.338 e. The Labute approximate surface area is 98.5 Å². The van der Waals surface area contributed by atoms with Crippen LogP contribution in [0.5, 0.6) is 0 Å². The number of nitrogens with one attached hydrogen (secondary N) is 1. The molecule has 0 bridgehead atoms. The average Bonchev–Trinajstić information content (AvgIpc) is 2.20. The number of carbonyl (C=O) groups is 2. The second-order valence-electron chi connectivity index (χ2n) is 3.10. The van der Waals surface area contributed by atoms with E-state index in [2.05, 4.69) is 5.32 Å². The maximum atomic E-state index is 11.4. The Morgan fingerprint density at radius 1 is 1.44 bits per heavy atom. The Kier molecular flexibility index (Phi) is 4.31. The number of esters is 1. The zero-order valence-electron chi connectivity index (χ0n) is 9.04. The SMILES string of the molecule is CCOC(=O)c1ccc(NC(C)=O)c(Cl)c1. The lowest BCUT2D eigenvalue weighted by atomic mass is 10.2. The van der Waals surface area contributed by atoms with Gasteiger partial charge in [0.15, 0.2) is 0 Å². The molecular weight excluding hydrogens is 230 g/mol. The Hall–Kier alpha value is -1.55. The third-order valence-electron chi connectivity index (χ3n) is 1.79. The summed E-state index contributed by atoms with van der Waals surface area (Å²) in [6, 6.07) is 4.58. The van der Waals surface area contributed by atoms with Gasteiger partial charge in [-0.3, -0.25) is 4.79 Å². The molecule has 1 aromatic carbocycles. The Morgan fingerprint density at radius 2 is 2.12 bits per heavy atom. The number of hydrogen-bond acceptors (Lipinski definition) is 3. The summed E-state index contributed by atoms with van der Waals surface area (Å²) in [5.74, 6) is -0.649. The van der Waals surface area contributed by atoms with Crippen molar-refractivity contribution >= 4 is 29.2 Å². The molecule has 0 aliphatic carbocycles. The Bertz CT molecular complexity index is 418. The van der Waals surface area contributed by atoms with Gasteiger partial charge in [-0.1, -0.05) is 11.6 Å². The zero-order valence-corrected chi connectivity index (χ0v) is 9.80. The highest BCUT2D eigenvalue weighted by molar-refractivity contribution is 6.34. The minimum Gasteiger partial charge on any atom is -0.462 e. The number of benzene rings is 1.